The zero-order chi connectivity index (χ0) is 16.8. The van der Waals surface area contributed by atoms with Gasteiger partial charge in [-0.1, -0.05) is 31.6 Å². The molecule has 0 spiro atoms. The lowest BCUT2D eigenvalue weighted by molar-refractivity contribution is -0.197. The van der Waals surface area contributed by atoms with Crippen LogP contribution in [0, 0.1) is 11.7 Å². The lowest BCUT2D eigenvalue weighted by atomic mass is 10.1. The molecule has 0 amide bonds. The summed E-state index contributed by atoms with van der Waals surface area (Å²) in [5, 5.41) is 0. The van der Waals surface area contributed by atoms with E-state index < -0.39 is 0 Å². The van der Waals surface area contributed by atoms with E-state index in [1.807, 2.05) is 12.1 Å². The number of aromatic nitrogens is 1. The molecule has 3 rings (SSSR count). The summed E-state index contributed by atoms with van der Waals surface area (Å²) in [6.07, 6.45) is 8.01. The van der Waals surface area contributed by atoms with Crippen molar-refractivity contribution in [1.29, 1.82) is 0 Å². The minimum Gasteiger partial charge on any atom is -0.348 e. The molecule has 2 heterocycles. The average molecular weight is 327 g/mol. The van der Waals surface area contributed by atoms with Gasteiger partial charge in [0, 0.05) is 23.2 Å². The van der Waals surface area contributed by atoms with Gasteiger partial charge in [0.15, 0.2) is 6.29 Å². The Bertz CT molecular complexity index is 659. The molecule has 0 atom stereocenters. The molecule has 0 unspecified atom stereocenters. The molecule has 3 nitrogen and oxygen atoms in total. The molecule has 0 aliphatic carbocycles. The first-order valence-electron chi connectivity index (χ1n) is 8.38. The summed E-state index contributed by atoms with van der Waals surface area (Å²) in [6, 6.07) is 10.2. The number of unbranched alkanes of at least 4 members (excludes halogenated alkanes) is 1. The second-order valence-electron chi connectivity index (χ2n) is 5.96. The Morgan fingerprint density at radius 3 is 2.50 bits per heavy atom. The normalized spacial score (nSPS) is 21.2. The number of ether oxygens (including phenoxy) is 2. The Kier molecular flexibility index (Phi) is 5.72. The van der Waals surface area contributed by atoms with Crippen LogP contribution in [0.15, 0.2) is 54.7 Å². The van der Waals surface area contributed by atoms with Crippen molar-refractivity contribution < 1.29 is 13.9 Å². The van der Waals surface area contributed by atoms with Crippen molar-refractivity contribution in [3.05, 3.63) is 66.1 Å². The van der Waals surface area contributed by atoms with Gasteiger partial charge in [0.1, 0.15) is 5.82 Å². The van der Waals surface area contributed by atoms with Crippen molar-refractivity contribution in [1.82, 2.24) is 4.98 Å². The van der Waals surface area contributed by atoms with Crippen molar-refractivity contribution in [3.63, 3.8) is 0 Å². The fourth-order valence-electron chi connectivity index (χ4n) is 2.61. The van der Waals surface area contributed by atoms with E-state index in [9.17, 15) is 4.39 Å². The van der Waals surface area contributed by atoms with Crippen LogP contribution in [-0.2, 0) is 9.47 Å². The first kappa shape index (κ1) is 16.8. The summed E-state index contributed by atoms with van der Waals surface area (Å²) in [7, 11) is 0. The number of halogens is 1. The van der Waals surface area contributed by atoms with Crippen molar-refractivity contribution in [2.75, 3.05) is 13.2 Å². The second kappa shape index (κ2) is 8.18. The standard InChI is InChI=1S/C20H22FNO2/c1-2-3-4-5-15-13-23-20(24-14-15)17-8-11-19(22-12-17)16-6-9-18(21)10-7-16/h4-12,15,20H,2-3,13-14H2,1H3/t15-,20-. The molecule has 0 N–H and O–H groups in total. The maximum Gasteiger partial charge on any atom is 0.185 e. The lowest BCUT2D eigenvalue weighted by Crippen LogP contribution is -2.25. The van der Waals surface area contributed by atoms with Crippen LogP contribution in [0.4, 0.5) is 4.39 Å². The zero-order valence-electron chi connectivity index (χ0n) is 13.8. The maximum absolute atomic E-state index is 13.0. The van der Waals surface area contributed by atoms with Crippen LogP contribution in [0.1, 0.15) is 31.6 Å². The summed E-state index contributed by atoms with van der Waals surface area (Å²) >= 11 is 0. The van der Waals surface area contributed by atoms with E-state index in [-0.39, 0.29) is 12.1 Å². The first-order valence-corrected chi connectivity index (χ1v) is 8.38. The predicted molar refractivity (Wildman–Crippen MR) is 91.8 cm³/mol. The molecule has 24 heavy (non-hydrogen) atoms. The molecular formula is C20H22FNO2. The van der Waals surface area contributed by atoms with Crippen LogP contribution >= 0.6 is 0 Å². The topological polar surface area (TPSA) is 31.4 Å². The smallest absolute Gasteiger partial charge is 0.185 e. The highest BCUT2D eigenvalue weighted by molar-refractivity contribution is 5.58. The predicted octanol–water partition coefficient (Wildman–Crippen LogP) is 4.91. The number of rotatable bonds is 5. The molecule has 4 heteroatoms. The van der Waals surface area contributed by atoms with Gasteiger partial charge in [-0.3, -0.25) is 4.98 Å². The number of allylic oxidation sites excluding steroid dienone is 1. The van der Waals surface area contributed by atoms with E-state index in [1.54, 1.807) is 18.3 Å². The maximum atomic E-state index is 13.0. The molecule has 1 aliphatic rings. The highest BCUT2D eigenvalue weighted by Crippen LogP contribution is 2.26. The number of pyridine rings is 1. The molecule has 1 aliphatic heterocycles. The number of benzene rings is 1. The molecule has 0 radical (unpaired) electrons. The summed E-state index contributed by atoms with van der Waals surface area (Å²) in [6.45, 7) is 3.48. The van der Waals surface area contributed by atoms with Gasteiger partial charge in [-0.05, 0) is 36.8 Å². The second-order valence-corrected chi connectivity index (χ2v) is 5.96. The van der Waals surface area contributed by atoms with Gasteiger partial charge in [-0.15, -0.1) is 0 Å². The first-order chi connectivity index (χ1) is 11.8. The molecule has 1 aromatic heterocycles. The Balaban J connectivity index is 1.59. The van der Waals surface area contributed by atoms with Crippen LogP contribution in [0.2, 0.25) is 0 Å². The quantitative estimate of drug-likeness (QED) is 0.732. The Hall–Kier alpha value is -2.04. The van der Waals surface area contributed by atoms with E-state index in [1.165, 1.54) is 12.1 Å². The monoisotopic (exact) mass is 327 g/mol. The number of nitrogens with zero attached hydrogens (tertiary/aromatic N) is 1. The minimum absolute atomic E-state index is 0.248. The SMILES string of the molecule is CCCC=C[C@H]1CO[C@H](c2ccc(-c3ccc(F)cc3)nc2)OC1. The van der Waals surface area contributed by atoms with Crippen LogP contribution in [0.25, 0.3) is 11.3 Å². The molecule has 1 aromatic carbocycles. The fourth-order valence-corrected chi connectivity index (χ4v) is 2.61. The van der Waals surface area contributed by atoms with E-state index in [0.717, 1.165) is 29.7 Å². The molecule has 1 fully saturated rings. The van der Waals surface area contributed by atoms with Crippen LogP contribution in [-0.4, -0.2) is 18.2 Å². The number of hydrogen-bond acceptors (Lipinski definition) is 3. The highest BCUT2D eigenvalue weighted by atomic mass is 19.1. The van der Waals surface area contributed by atoms with Gasteiger partial charge in [0.2, 0.25) is 0 Å². The summed E-state index contributed by atoms with van der Waals surface area (Å²) in [5.74, 6) is 0.0705. The molecular weight excluding hydrogens is 305 g/mol. The van der Waals surface area contributed by atoms with Gasteiger partial charge in [0.25, 0.3) is 0 Å². The van der Waals surface area contributed by atoms with Crippen LogP contribution in [0.5, 0.6) is 0 Å². The van der Waals surface area contributed by atoms with E-state index in [0.29, 0.717) is 19.1 Å². The van der Waals surface area contributed by atoms with Gasteiger partial charge in [-0.25, -0.2) is 4.39 Å². The van der Waals surface area contributed by atoms with Gasteiger partial charge < -0.3 is 9.47 Å². The molecule has 2 aromatic rings. The van der Waals surface area contributed by atoms with Crippen molar-refractivity contribution >= 4 is 0 Å². The Morgan fingerprint density at radius 1 is 1.12 bits per heavy atom. The van der Waals surface area contributed by atoms with Crippen molar-refractivity contribution in [2.24, 2.45) is 5.92 Å². The van der Waals surface area contributed by atoms with Crippen LogP contribution in [0.3, 0.4) is 0 Å². The van der Waals surface area contributed by atoms with Gasteiger partial charge in [0.05, 0.1) is 18.9 Å². The third kappa shape index (κ3) is 4.28. The van der Waals surface area contributed by atoms with Crippen LogP contribution < -0.4 is 0 Å². The van der Waals surface area contributed by atoms with Crippen molar-refractivity contribution in [2.45, 2.75) is 26.1 Å². The third-order valence-electron chi connectivity index (χ3n) is 3.99. The van der Waals surface area contributed by atoms with E-state index in [4.69, 9.17) is 9.47 Å². The van der Waals surface area contributed by atoms with Crippen molar-refractivity contribution in [3.8, 4) is 11.3 Å². The van der Waals surface area contributed by atoms with Gasteiger partial charge in [-0.2, -0.15) is 0 Å². The Morgan fingerprint density at radius 2 is 1.88 bits per heavy atom. The largest absolute Gasteiger partial charge is 0.348 e. The summed E-state index contributed by atoms with van der Waals surface area (Å²) in [5.41, 5.74) is 2.58. The minimum atomic E-state index is -0.365. The zero-order valence-corrected chi connectivity index (χ0v) is 13.8. The highest BCUT2D eigenvalue weighted by Gasteiger charge is 2.22. The fraction of sp³-hybridized carbons (Fsp3) is 0.350. The van der Waals surface area contributed by atoms with E-state index in [2.05, 4.69) is 24.1 Å². The molecule has 0 bridgehead atoms. The van der Waals surface area contributed by atoms with Gasteiger partial charge >= 0.3 is 0 Å². The number of hydrogen-bond donors (Lipinski definition) is 0. The third-order valence-corrected chi connectivity index (χ3v) is 3.99. The lowest BCUT2D eigenvalue weighted by Gasteiger charge is -2.28. The Labute approximate surface area is 142 Å². The average Bonchev–Trinajstić information content (AvgIpc) is 2.63. The molecule has 126 valence electrons. The summed E-state index contributed by atoms with van der Waals surface area (Å²) in [4.78, 5) is 4.44. The molecule has 1 saturated heterocycles. The van der Waals surface area contributed by atoms with E-state index >= 15 is 0 Å². The molecule has 0 saturated carbocycles. The summed E-state index contributed by atoms with van der Waals surface area (Å²) < 4.78 is 24.6.